The third-order valence-corrected chi connectivity index (χ3v) is 6.77. The second-order valence-electron chi connectivity index (χ2n) is 7.39. The smallest absolute Gasteiger partial charge is 0.240 e. The van der Waals surface area contributed by atoms with Gasteiger partial charge in [0.05, 0.1) is 4.90 Å². The maximum atomic E-state index is 12.6. The van der Waals surface area contributed by atoms with Crippen molar-refractivity contribution in [1.29, 1.82) is 0 Å². The van der Waals surface area contributed by atoms with Gasteiger partial charge in [-0.05, 0) is 76.0 Å². The summed E-state index contributed by atoms with van der Waals surface area (Å²) in [7, 11) is -3.51. The molecule has 2 aliphatic rings. The Balaban J connectivity index is 1.59. The van der Waals surface area contributed by atoms with Crippen LogP contribution in [0.2, 0.25) is 0 Å². The maximum absolute atomic E-state index is 12.6. The average molecular weight is 380 g/mol. The lowest BCUT2D eigenvalue weighted by Gasteiger charge is -2.26. The van der Waals surface area contributed by atoms with Crippen molar-refractivity contribution in [2.45, 2.75) is 56.9 Å². The van der Waals surface area contributed by atoms with Gasteiger partial charge in [0.1, 0.15) is 0 Å². The monoisotopic (exact) mass is 379 g/mol. The van der Waals surface area contributed by atoms with Crippen LogP contribution in [0.5, 0.6) is 0 Å². The lowest BCUT2D eigenvalue weighted by Crippen LogP contribution is -2.33. The highest BCUT2D eigenvalue weighted by atomic mass is 32.2. The molecule has 1 fully saturated rings. The van der Waals surface area contributed by atoms with E-state index in [-0.39, 0.29) is 16.8 Å². The van der Waals surface area contributed by atoms with Crippen LogP contribution in [-0.2, 0) is 21.2 Å². The van der Waals surface area contributed by atoms with E-state index >= 15 is 0 Å². The molecule has 26 heavy (non-hydrogen) atoms. The molecule has 1 saturated heterocycles. The molecule has 7 heteroatoms. The quantitative estimate of drug-likeness (QED) is 0.769. The predicted molar refractivity (Wildman–Crippen MR) is 103 cm³/mol. The van der Waals surface area contributed by atoms with Crippen LogP contribution in [0.3, 0.4) is 0 Å². The maximum Gasteiger partial charge on any atom is 0.240 e. The van der Waals surface area contributed by atoms with Crippen LogP contribution in [-0.4, -0.2) is 51.4 Å². The van der Waals surface area contributed by atoms with Crippen LogP contribution in [0.1, 0.15) is 45.1 Å². The molecular formula is C19H29N3O3S. The van der Waals surface area contributed by atoms with Gasteiger partial charge in [0.15, 0.2) is 0 Å². The van der Waals surface area contributed by atoms with Crippen LogP contribution in [0.25, 0.3) is 0 Å². The average Bonchev–Trinajstić information content (AvgIpc) is 2.94. The number of nitrogens with one attached hydrogen (secondary N) is 1. The Morgan fingerprint density at radius 1 is 1.23 bits per heavy atom. The van der Waals surface area contributed by atoms with Crippen molar-refractivity contribution in [2.75, 3.05) is 31.1 Å². The molecular weight excluding hydrogens is 350 g/mol. The molecule has 2 heterocycles. The molecule has 1 N–H and O–H groups in total. The number of carbonyl (C=O) groups excluding carboxylic acids is 1. The van der Waals surface area contributed by atoms with E-state index in [9.17, 15) is 13.2 Å². The first-order valence-electron chi connectivity index (χ1n) is 9.53. The summed E-state index contributed by atoms with van der Waals surface area (Å²) in [5.41, 5.74) is 1.75. The predicted octanol–water partition coefficient (Wildman–Crippen LogP) is 2.14. The SMILES string of the molecule is CC(=O)N1c2ccc(S(=O)(=O)NCCCN3CCCCC3)cc2CC1C. The number of nitrogens with zero attached hydrogens (tertiary/aromatic N) is 2. The van der Waals surface area contributed by atoms with Gasteiger partial charge in [-0.2, -0.15) is 0 Å². The second-order valence-corrected chi connectivity index (χ2v) is 9.15. The first-order valence-corrected chi connectivity index (χ1v) is 11.0. The van der Waals surface area contributed by atoms with Gasteiger partial charge in [0.25, 0.3) is 0 Å². The van der Waals surface area contributed by atoms with Gasteiger partial charge in [-0.1, -0.05) is 6.42 Å². The number of hydrogen-bond acceptors (Lipinski definition) is 4. The Morgan fingerprint density at radius 3 is 2.65 bits per heavy atom. The van der Waals surface area contributed by atoms with Crippen LogP contribution >= 0.6 is 0 Å². The van der Waals surface area contributed by atoms with E-state index in [1.165, 1.54) is 19.3 Å². The molecule has 0 saturated carbocycles. The van der Waals surface area contributed by atoms with Crippen molar-refractivity contribution in [3.8, 4) is 0 Å². The van der Waals surface area contributed by atoms with Crippen molar-refractivity contribution in [2.24, 2.45) is 0 Å². The standard InChI is InChI=1S/C19H29N3O3S/c1-15-13-17-14-18(7-8-19(17)22(15)16(2)23)26(24,25)20-9-6-12-21-10-4-3-5-11-21/h7-8,14-15,20H,3-6,9-13H2,1-2H3. The summed E-state index contributed by atoms with van der Waals surface area (Å²) in [5.74, 6) is -0.0114. The molecule has 1 aromatic rings. The number of piperidine rings is 1. The molecule has 0 aliphatic carbocycles. The Kier molecular flexibility index (Phi) is 5.99. The van der Waals surface area contributed by atoms with Crippen molar-refractivity contribution < 1.29 is 13.2 Å². The lowest BCUT2D eigenvalue weighted by atomic mass is 10.1. The number of benzene rings is 1. The normalized spacial score (nSPS) is 21.0. The minimum atomic E-state index is -3.51. The van der Waals surface area contributed by atoms with Gasteiger partial charge in [-0.3, -0.25) is 4.79 Å². The zero-order chi connectivity index (χ0) is 18.7. The third-order valence-electron chi connectivity index (χ3n) is 5.31. The second kappa shape index (κ2) is 8.06. The molecule has 0 bridgehead atoms. The number of likely N-dealkylation sites (tertiary alicyclic amines) is 1. The van der Waals surface area contributed by atoms with Crippen molar-refractivity contribution in [1.82, 2.24) is 9.62 Å². The number of anilines is 1. The Labute approximate surface area is 156 Å². The summed E-state index contributed by atoms with van der Waals surface area (Å²) in [6.07, 6.45) is 5.31. The number of rotatable bonds is 6. The fourth-order valence-corrected chi connectivity index (χ4v) is 5.15. The van der Waals surface area contributed by atoms with Gasteiger partial charge in [0, 0.05) is 25.2 Å². The van der Waals surface area contributed by atoms with E-state index in [1.54, 1.807) is 30.0 Å². The summed E-state index contributed by atoms with van der Waals surface area (Å²) >= 11 is 0. The molecule has 1 unspecified atom stereocenters. The summed E-state index contributed by atoms with van der Waals surface area (Å²) in [5, 5.41) is 0. The van der Waals surface area contributed by atoms with Crippen LogP contribution < -0.4 is 9.62 Å². The zero-order valence-corrected chi connectivity index (χ0v) is 16.5. The summed E-state index contributed by atoms with van der Waals surface area (Å²) in [6.45, 7) is 7.17. The number of carbonyl (C=O) groups is 1. The van der Waals surface area contributed by atoms with Crippen molar-refractivity contribution >= 4 is 21.6 Å². The van der Waals surface area contributed by atoms with Gasteiger partial charge in [-0.15, -0.1) is 0 Å². The molecule has 144 valence electrons. The van der Waals surface area contributed by atoms with Gasteiger partial charge in [0.2, 0.25) is 15.9 Å². The summed E-state index contributed by atoms with van der Waals surface area (Å²) < 4.78 is 27.9. The minimum Gasteiger partial charge on any atom is -0.309 e. The number of sulfonamides is 1. The lowest BCUT2D eigenvalue weighted by molar-refractivity contribution is -0.116. The molecule has 0 spiro atoms. The minimum absolute atomic E-state index is 0.0114. The van der Waals surface area contributed by atoms with E-state index in [1.807, 2.05) is 6.92 Å². The number of amides is 1. The van der Waals surface area contributed by atoms with E-state index in [0.717, 1.165) is 37.3 Å². The van der Waals surface area contributed by atoms with E-state index < -0.39 is 10.0 Å². The molecule has 3 rings (SSSR count). The van der Waals surface area contributed by atoms with Gasteiger partial charge >= 0.3 is 0 Å². The van der Waals surface area contributed by atoms with E-state index in [0.29, 0.717) is 13.0 Å². The van der Waals surface area contributed by atoms with E-state index in [2.05, 4.69) is 9.62 Å². The van der Waals surface area contributed by atoms with Crippen LogP contribution in [0.4, 0.5) is 5.69 Å². The molecule has 2 aliphatic heterocycles. The first kappa shape index (κ1) is 19.3. The molecule has 1 atom stereocenters. The van der Waals surface area contributed by atoms with Crippen molar-refractivity contribution in [3.63, 3.8) is 0 Å². The summed E-state index contributed by atoms with van der Waals surface area (Å²) in [4.78, 5) is 16.2. The van der Waals surface area contributed by atoms with E-state index in [4.69, 9.17) is 0 Å². The molecule has 1 aromatic carbocycles. The zero-order valence-electron chi connectivity index (χ0n) is 15.7. The highest BCUT2D eigenvalue weighted by molar-refractivity contribution is 7.89. The third kappa shape index (κ3) is 4.27. The number of hydrogen-bond donors (Lipinski definition) is 1. The number of fused-ring (bicyclic) bond motifs is 1. The fraction of sp³-hybridized carbons (Fsp3) is 0.632. The molecule has 6 nitrogen and oxygen atoms in total. The first-order chi connectivity index (χ1) is 12.4. The highest BCUT2D eigenvalue weighted by Crippen LogP contribution is 2.33. The topological polar surface area (TPSA) is 69.7 Å². The highest BCUT2D eigenvalue weighted by Gasteiger charge is 2.30. The molecule has 0 radical (unpaired) electrons. The van der Waals surface area contributed by atoms with Crippen molar-refractivity contribution in [3.05, 3.63) is 23.8 Å². The summed E-state index contributed by atoms with van der Waals surface area (Å²) in [6, 6.07) is 5.13. The Bertz CT molecular complexity index is 757. The Morgan fingerprint density at radius 2 is 1.96 bits per heavy atom. The molecule has 1 amide bonds. The molecule has 0 aromatic heterocycles. The largest absolute Gasteiger partial charge is 0.309 e. The van der Waals surface area contributed by atoms with Crippen LogP contribution in [0, 0.1) is 0 Å². The fourth-order valence-electron chi connectivity index (χ4n) is 4.03. The van der Waals surface area contributed by atoms with Crippen LogP contribution in [0.15, 0.2) is 23.1 Å². The van der Waals surface area contributed by atoms with Gasteiger partial charge < -0.3 is 9.80 Å². The van der Waals surface area contributed by atoms with Gasteiger partial charge in [-0.25, -0.2) is 13.1 Å². The Hall–Kier alpha value is -1.44.